The normalized spacial score (nSPS) is 11.4. The average molecular weight is 278 g/mol. The van der Waals surface area contributed by atoms with E-state index in [0.29, 0.717) is 24.0 Å². The van der Waals surface area contributed by atoms with Gasteiger partial charge in [0, 0.05) is 23.0 Å². The van der Waals surface area contributed by atoms with Crippen molar-refractivity contribution >= 4 is 11.7 Å². The molecule has 1 atom stereocenters. The topological polar surface area (TPSA) is 129 Å². The van der Waals surface area contributed by atoms with Gasteiger partial charge in [0.25, 0.3) is 5.69 Å². The number of nitrogens with zero attached hydrogens (tertiary/aromatic N) is 4. The SMILES string of the molecule is Cc1ccc(C(CCCC(=O)O)N=[N+]=[N-])cc1[N+](=O)[O-]. The molecule has 106 valence electrons. The molecule has 1 rings (SSSR count). The van der Waals surface area contributed by atoms with Gasteiger partial charge < -0.3 is 5.11 Å². The van der Waals surface area contributed by atoms with Gasteiger partial charge in [-0.1, -0.05) is 17.2 Å². The maximum Gasteiger partial charge on any atom is 0.303 e. The maximum absolute atomic E-state index is 10.9. The van der Waals surface area contributed by atoms with Gasteiger partial charge in [0.2, 0.25) is 0 Å². The van der Waals surface area contributed by atoms with Crippen LogP contribution in [-0.2, 0) is 4.79 Å². The largest absolute Gasteiger partial charge is 0.481 e. The van der Waals surface area contributed by atoms with Crippen molar-refractivity contribution in [1.82, 2.24) is 0 Å². The third kappa shape index (κ3) is 4.25. The van der Waals surface area contributed by atoms with Gasteiger partial charge in [-0.2, -0.15) is 0 Å². The van der Waals surface area contributed by atoms with Crippen LogP contribution in [0.15, 0.2) is 23.3 Å². The molecule has 0 aromatic heterocycles. The molecule has 0 saturated carbocycles. The van der Waals surface area contributed by atoms with Gasteiger partial charge in [-0.3, -0.25) is 14.9 Å². The first kappa shape index (κ1) is 15.5. The third-order valence-electron chi connectivity index (χ3n) is 2.87. The van der Waals surface area contributed by atoms with E-state index in [9.17, 15) is 14.9 Å². The highest BCUT2D eigenvalue weighted by atomic mass is 16.6. The fourth-order valence-corrected chi connectivity index (χ4v) is 1.83. The molecule has 8 heteroatoms. The number of aryl methyl sites for hydroxylation is 1. The second-order valence-electron chi connectivity index (χ2n) is 4.31. The summed E-state index contributed by atoms with van der Waals surface area (Å²) >= 11 is 0. The second-order valence-corrected chi connectivity index (χ2v) is 4.31. The number of hydrogen-bond donors (Lipinski definition) is 1. The molecule has 0 amide bonds. The standard InChI is InChI=1S/C12H14N4O4/c1-8-5-6-9(7-11(8)16(19)20)10(14-15-13)3-2-4-12(17)18/h5-7,10H,2-4H2,1H3,(H,17,18). The minimum absolute atomic E-state index is 0.0363. The van der Waals surface area contributed by atoms with E-state index in [-0.39, 0.29) is 12.1 Å². The molecule has 1 aromatic carbocycles. The van der Waals surface area contributed by atoms with E-state index in [1.807, 2.05) is 0 Å². The van der Waals surface area contributed by atoms with E-state index in [1.54, 1.807) is 19.1 Å². The Morgan fingerprint density at radius 1 is 1.60 bits per heavy atom. The first-order chi connectivity index (χ1) is 9.45. The molecule has 20 heavy (non-hydrogen) atoms. The first-order valence-corrected chi connectivity index (χ1v) is 5.96. The Kier molecular flexibility index (Phi) is 5.49. The van der Waals surface area contributed by atoms with E-state index in [4.69, 9.17) is 10.6 Å². The van der Waals surface area contributed by atoms with E-state index < -0.39 is 16.9 Å². The van der Waals surface area contributed by atoms with E-state index in [2.05, 4.69) is 10.0 Å². The number of hydrogen-bond acceptors (Lipinski definition) is 4. The van der Waals surface area contributed by atoms with E-state index in [1.165, 1.54) is 6.07 Å². The van der Waals surface area contributed by atoms with Crippen molar-refractivity contribution in [1.29, 1.82) is 0 Å². The molecule has 0 aliphatic carbocycles. The van der Waals surface area contributed by atoms with Gasteiger partial charge in [-0.25, -0.2) is 0 Å². The smallest absolute Gasteiger partial charge is 0.303 e. The molecule has 0 saturated heterocycles. The van der Waals surface area contributed by atoms with Crippen LogP contribution in [0.1, 0.15) is 36.4 Å². The lowest BCUT2D eigenvalue weighted by molar-refractivity contribution is -0.385. The highest BCUT2D eigenvalue weighted by Gasteiger charge is 2.16. The van der Waals surface area contributed by atoms with Crippen LogP contribution in [-0.4, -0.2) is 16.0 Å². The van der Waals surface area contributed by atoms with Crippen LogP contribution in [0.25, 0.3) is 10.4 Å². The van der Waals surface area contributed by atoms with Crippen molar-refractivity contribution in [3.05, 3.63) is 49.9 Å². The van der Waals surface area contributed by atoms with Crippen molar-refractivity contribution in [2.45, 2.75) is 32.2 Å². The van der Waals surface area contributed by atoms with Gasteiger partial charge in [-0.05, 0) is 30.9 Å². The van der Waals surface area contributed by atoms with E-state index in [0.717, 1.165) is 0 Å². The lowest BCUT2D eigenvalue weighted by Gasteiger charge is -2.11. The molecule has 1 aromatic rings. The Bertz CT molecular complexity index is 567. The molecule has 0 heterocycles. The molecular formula is C12H14N4O4. The number of azide groups is 1. The summed E-state index contributed by atoms with van der Waals surface area (Å²) in [6.07, 6.45) is 0.628. The number of benzene rings is 1. The molecule has 8 nitrogen and oxygen atoms in total. The van der Waals surface area contributed by atoms with Crippen LogP contribution in [0, 0.1) is 17.0 Å². The molecule has 1 N–H and O–H groups in total. The average Bonchev–Trinajstić information content (AvgIpc) is 2.37. The summed E-state index contributed by atoms with van der Waals surface area (Å²) in [5.74, 6) is -0.931. The molecule has 0 fully saturated rings. The van der Waals surface area contributed by atoms with Gasteiger partial charge in [0.1, 0.15) is 0 Å². The van der Waals surface area contributed by atoms with Crippen molar-refractivity contribution in [2.75, 3.05) is 0 Å². The van der Waals surface area contributed by atoms with E-state index >= 15 is 0 Å². The molecule has 0 aliphatic heterocycles. The molecule has 0 spiro atoms. The summed E-state index contributed by atoms with van der Waals surface area (Å²) in [6, 6.07) is 4.02. The minimum Gasteiger partial charge on any atom is -0.481 e. The fraction of sp³-hybridized carbons (Fsp3) is 0.417. The highest BCUT2D eigenvalue weighted by molar-refractivity contribution is 5.66. The van der Waals surface area contributed by atoms with Crippen LogP contribution in [0.4, 0.5) is 5.69 Å². The predicted molar refractivity (Wildman–Crippen MR) is 71.2 cm³/mol. The third-order valence-corrected chi connectivity index (χ3v) is 2.87. The van der Waals surface area contributed by atoms with Crippen molar-refractivity contribution in [3.63, 3.8) is 0 Å². The zero-order valence-corrected chi connectivity index (χ0v) is 10.9. The van der Waals surface area contributed by atoms with Gasteiger partial charge in [0.05, 0.1) is 11.0 Å². The number of carboxylic acids is 1. The summed E-state index contributed by atoms with van der Waals surface area (Å²) in [7, 11) is 0. The Labute approximate surface area is 114 Å². The molecular weight excluding hydrogens is 264 g/mol. The fourth-order valence-electron chi connectivity index (χ4n) is 1.83. The summed E-state index contributed by atoms with van der Waals surface area (Å²) in [5, 5.41) is 23.1. The van der Waals surface area contributed by atoms with Crippen LogP contribution >= 0.6 is 0 Å². The zero-order valence-electron chi connectivity index (χ0n) is 10.9. The number of rotatable bonds is 7. The van der Waals surface area contributed by atoms with Crippen LogP contribution in [0.3, 0.4) is 0 Å². The Hall–Kier alpha value is -2.60. The highest BCUT2D eigenvalue weighted by Crippen LogP contribution is 2.28. The van der Waals surface area contributed by atoms with Crippen LogP contribution < -0.4 is 0 Å². The second kappa shape index (κ2) is 7.10. The van der Waals surface area contributed by atoms with Crippen molar-refractivity contribution in [2.24, 2.45) is 5.11 Å². The summed E-state index contributed by atoms with van der Waals surface area (Å²) in [4.78, 5) is 23.6. The summed E-state index contributed by atoms with van der Waals surface area (Å²) in [5.41, 5.74) is 9.54. The number of nitro benzene ring substituents is 1. The lowest BCUT2D eigenvalue weighted by Crippen LogP contribution is -2.01. The number of aliphatic carboxylic acids is 1. The van der Waals surface area contributed by atoms with Crippen molar-refractivity contribution < 1.29 is 14.8 Å². The van der Waals surface area contributed by atoms with Crippen LogP contribution in [0.5, 0.6) is 0 Å². The van der Waals surface area contributed by atoms with Crippen LogP contribution in [0.2, 0.25) is 0 Å². The first-order valence-electron chi connectivity index (χ1n) is 5.96. The Morgan fingerprint density at radius 3 is 2.85 bits per heavy atom. The Balaban J connectivity index is 2.97. The summed E-state index contributed by atoms with van der Waals surface area (Å²) in [6.45, 7) is 1.62. The molecule has 0 bridgehead atoms. The minimum atomic E-state index is -0.931. The Morgan fingerprint density at radius 2 is 2.30 bits per heavy atom. The molecule has 0 radical (unpaired) electrons. The quantitative estimate of drug-likeness (QED) is 0.269. The monoisotopic (exact) mass is 278 g/mol. The van der Waals surface area contributed by atoms with Gasteiger partial charge in [0.15, 0.2) is 0 Å². The predicted octanol–water partition coefficient (Wildman–Crippen LogP) is 3.51. The zero-order chi connectivity index (χ0) is 15.1. The lowest BCUT2D eigenvalue weighted by atomic mass is 9.99. The summed E-state index contributed by atoms with van der Waals surface area (Å²) < 4.78 is 0. The van der Waals surface area contributed by atoms with Gasteiger partial charge in [-0.15, -0.1) is 0 Å². The number of carboxylic acid groups (broad SMARTS) is 1. The van der Waals surface area contributed by atoms with Crippen molar-refractivity contribution in [3.8, 4) is 0 Å². The number of carbonyl (C=O) groups is 1. The molecule has 1 unspecified atom stereocenters. The van der Waals surface area contributed by atoms with Gasteiger partial charge >= 0.3 is 5.97 Å². The molecule has 0 aliphatic rings. The maximum atomic E-state index is 10.9. The number of nitro groups is 1.